The normalized spacial score (nSPS) is 33.0. The van der Waals surface area contributed by atoms with Crippen LogP contribution >= 0.6 is 0 Å². The van der Waals surface area contributed by atoms with Crippen molar-refractivity contribution >= 4 is 0 Å². The lowest BCUT2D eigenvalue weighted by Gasteiger charge is -2.40. The van der Waals surface area contributed by atoms with Crippen molar-refractivity contribution in [2.45, 2.75) is 60.8 Å². The summed E-state index contributed by atoms with van der Waals surface area (Å²) < 4.78 is 0. The van der Waals surface area contributed by atoms with Gasteiger partial charge in [0.15, 0.2) is 0 Å². The van der Waals surface area contributed by atoms with Crippen LogP contribution in [0.1, 0.15) is 60.8 Å². The van der Waals surface area contributed by atoms with Crippen molar-refractivity contribution in [3.8, 4) is 0 Å². The smallest absolute Gasteiger partial charge is 0.0339 e. The van der Waals surface area contributed by atoms with Gasteiger partial charge in [0.1, 0.15) is 0 Å². The SMILES string of the molecule is CC(C)C(C(C)C)C1CCC(C)C(C)C1. The van der Waals surface area contributed by atoms with E-state index in [0.717, 1.165) is 35.5 Å². The van der Waals surface area contributed by atoms with E-state index in [-0.39, 0.29) is 0 Å². The lowest BCUT2D eigenvalue weighted by atomic mass is 9.65. The molecule has 1 aliphatic rings. The van der Waals surface area contributed by atoms with Crippen molar-refractivity contribution < 1.29 is 0 Å². The molecule has 0 aromatic heterocycles. The molecule has 1 rings (SSSR count). The number of rotatable bonds is 3. The van der Waals surface area contributed by atoms with Crippen LogP contribution in [0, 0.1) is 35.5 Å². The molecule has 0 aromatic rings. The van der Waals surface area contributed by atoms with Crippen LogP contribution in [0.2, 0.25) is 0 Å². The van der Waals surface area contributed by atoms with E-state index in [2.05, 4.69) is 41.5 Å². The Morgan fingerprint density at radius 2 is 1.33 bits per heavy atom. The lowest BCUT2D eigenvalue weighted by molar-refractivity contribution is 0.0980. The molecule has 0 radical (unpaired) electrons. The monoisotopic (exact) mass is 210 g/mol. The standard InChI is InChI=1S/C15H30/c1-10(2)15(11(3)4)14-8-7-12(5)13(6)9-14/h10-15H,7-9H2,1-6H3. The molecule has 3 unspecified atom stereocenters. The van der Waals surface area contributed by atoms with Crippen LogP contribution < -0.4 is 0 Å². The van der Waals surface area contributed by atoms with Gasteiger partial charge < -0.3 is 0 Å². The molecule has 0 aromatic carbocycles. The summed E-state index contributed by atoms with van der Waals surface area (Å²) in [5.74, 6) is 5.56. The van der Waals surface area contributed by atoms with Crippen molar-refractivity contribution in [3.05, 3.63) is 0 Å². The largest absolute Gasteiger partial charge is 0.0625 e. The van der Waals surface area contributed by atoms with E-state index in [1.165, 1.54) is 19.3 Å². The minimum Gasteiger partial charge on any atom is -0.0625 e. The fourth-order valence-corrected chi connectivity index (χ4v) is 3.80. The highest BCUT2D eigenvalue weighted by Crippen LogP contribution is 2.42. The van der Waals surface area contributed by atoms with E-state index in [4.69, 9.17) is 0 Å². The van der Waals surface area contributed by atoms with Crippen molar-refractivity contribution in [2.24, 2.45) is 35.5 Å². The summed E-state index contributed by atoms with van der Waals surface area (Å²) in [5, 5.41) is 0. The van der Waals surface area contributed by atoms with Gasteiger partial charge >= 0.3 is 0 Å². The van der Waals surface area contributed by atoms with Crippen LogP contribution in [-0.4, -0.2) is 0 Å². The zero-order valence-electron chi connectivity index (χ0n) is 11.6. The highest BCUT2D eigenvalue weighted by atomic mass is 14.4. The molecule has 0 saturated heterocycles. The molecule has 15 heavy (non-hydrogen) atoms. The quantitative estimate of drug-likeness (QED) is 0.616. The Hall–Kier alpha value is 0. The molecule has 3 atom stereocenters. The molecule has 0 nitrogen and oxygen atoms in total. The molecule has 0 aliphatic heterocycles. The maximum atomic E-state index is 2.45. The number of hydrogen-bond acceptors (Lipinski definition) is 0. The van der Waals surface area contributed by atoms with Crippen LogP contribution in [0.15, 0.2) is 0 Å². The molecule has 1 saturated carbocycles. The maximum Gasteiger partial charge on any atom is -0.0339 e. The summed E-state index contributed by atoms with van der Waals surface area (Å²) in [7, 11) is 0. The van der Waals surface area contributed by atoms with Gasteiger partial charge in [-0.2, -0.15) is 0 Å². The van der Waals surface area contributed by atoms with Crippen LogP contribution in [0.4, 0.5) is 0 Å². The molecular weight excluding hydrogens is 180 g/mol. The molecular formula is C15H30. The fourth-order valence-electron chi connectivity index (χ4n) is 3.80. The molecule has 1 aliphatic carbocycles. The van der Waals surface area contributed by atoms with E-state index >= 15 is 0 Å². The van der Waals surface area contributed by atoms with Gasteiger partial charge in [0, 0.05) is 0 Å². The molecule has 0 amide bonds. The topological polar surface area (TPSA) is 0 Å². The third-order valence-electron chi connectivity index (χ3n) is 4.72. The van der Waals surface area contributed by atoms with Crippen LogP contribution in [0.5, 0.6) is 0 Å². The Bertz CT molecular complexity index is 172. The average molecular weight is 210 g/mol. The Morgan fingerprint density at radius 3 is 1.73 bits per heavy atom. The van der Waals surface area contributed by atoms with Gasteiger partial charge in [-0.1, -0.05) is 48.0 Å². The zero-order valence-corrected chi connectivity index (χ0v) is 11.6. The van der Waals surface area contributed by atoms with Crippen molar-refractivity contribution in [1.82, 2.24) is 0 Å². The van der Waals surface area contributed by atoms with Crippen molar-refractivity contribution in [1.29, 1.82) is 0 Å². The highest BCUT2D eigenvalue weighted by Gasteiger charge is 2.32. The Kier molecular flexibility index (Phi) is 4.67. The van der Waals surface area contributed by atoms with E-state index in [1.807, 2.05) is 0 Å². The first-order chi connectivity index (χ1) is 6.93. The van der Waals surface area contributed by atoms with Crippen LogP contribution in [0.25, 0.3) is 0 Å². The van der Waals surface area contributed by atoms with E-state index in [9.17, 15) is 0 Å². The third-order valence-corrected chi connectivity index (χ3v) is 4.72. The molecule has 0 bridgehead atoms. The molecule has 0 spiro atoms. The van der Waals surface area contributed by atoms with Gasteiger partial charge in [0.25, 0.3) is 0 Å². The molecule has 0 N–H and O–H groups in total. The molecule has 90 valence electrons. The van der Waals surface area contributed by atoms with Gasteiger partial charge in [0.2, 0.25) is 0 Å². The average Bonchev–Trinajstić information content (AvgIpc) is 2.10. The van der Waals surface area contributed by atoms with Gasteiger partial charge in [-0.05, 0) is 48.3 Å². The first kappa shape index (κ1) is 13.1. The van der Waals surface area contributed by atoms with Crippen molar-refractivity contribution in [2.75, 3.05) is 0 Å². The predicted octanol–water partition coefficient (Wildman–Crippen LogP) is 4.99. The molecule has 0 heteroatoms. The summed E-state index contributed by atoms with van der Waals surface area (Å²) >= 11 is 0. The zero-order chi connectivity index (χ0) is 11.6. The van der Waals surface area contributed by atoms with E-state index in [0.29, 0.717) is 0 Å². The first-order valence-corrected chi connectivity index (χ1v) is 6.93. The summed E-state index contributed by atoms with van der Waals surface area (Å²) in [5.41, 5.74) is 0. The Morgan fingerprint density at radius 1 is 0.800 bits per heavy atom. The highest BCUT2D eigenvalue weighted by molar-refractivity contribution is 4.82. The minimum absolute atomic E-state index is 0.857. The lowest BCUT2D eigenvalue weighted by Crippen LogP contribution is -2.31. The summed E-state index contributed by atoms with van der Waals surface area (Å²) in [6.45, 7) is 14.5. The van der Waals surface area contributed by atoms with Gasteiger partial charge in [0.05, 0.1) is 0 Å². The second-order valence-corrected chi connectivity index (χ2v) is 6.59. The van der Waals surface area contributed by atoms with Crippen LogP contribution in [0.3, 0.4) is 0 Å². The van der Waals surface area contributed by atoms with E-state index in [1.54, 1.807) is 0 Å². The molecule has 0 heterocycles. The summed E-state index contributed by atoms with van der Waals surface area (Å²) in [6.07, 6.45) is 4.41. The fraction of sp³-hybridized carbons (Fsp3) is 1.00. The molecule has 1 fully saturated rings. The van der Waals surface area contributed by atoms with Gasteiger partial charge in [-0.3, -0.25) is 0 Å². The minimum atomic E-state index is 0.857. The predicted molar refractivity (Wildman–Crippen MR) is 68.8 cm³/mol. The van der Waals surface area contributed by atoms with Crippen molar-refractivity contribution in [3.63, 3.8) is 0 Å². The Labute approximate surface area is 96.8 Å². The first-order valence-electron chi connectivity index (χ1n) is 6.93. The van der Waals surface area contributed by atoms with Crippen LogP contribution in [-0.2, 0) is 0 Å². The summed E-state index contributed by atoms with van der Waals surface area (Å²) in [6, 6.07) is 0. The number of hydrogen-bond donors (Lipinski definition) is 0. The maximum absolute atomic E-state index is 2.45. The van der Waals surface area contributed by atoms with Gasteiger partial charge in [-0.15, -0.1) is 0 Å². The Balaban J connectivity index is 2.61. The second kappa shape index (κ2) is 5.37. The summed E-state index contributed by atoms with van der Waals surface area (Å²) in [4.78, 5) is 0. The van der Waals surface area contributed by atoms with Gasteiger partial charge in [-0.25, -0.2) is 0 Å². The third kappa shape index (κ3) is 3.23. The van der Waals surface area contributed by atoms with E-state index < -0.39 is 0 Å². The second-order valence-electron chi connectivity index (χ2n) is 6.59.